The Balaban J connectivity index is 2.11. The smallest absolute Gasteiger partial charge is 0.331 e. The van der Waals surface area contributed by atoms with E-state index in [1.807, 2.05) is 48.5 Å². The third-order valence-electron chi connectivity index (χ3n) is 4.23. The van der Waals surface area contributed by atoms with Gasteiger partial charge in [0.2, 0.25) is 5.91 Å². The van der Waals surface area contributed by atoms with Gasteiger partial charge in [0.1, 0.15) is 5.54 Å². The third kappa shape index (κ3) is 3.32. The van der Waals surface area contributed by atoms with E-state index in [1.165, 1.54) is 6.08 Å². The maximum atomic E-state index is 12.8. The van der Waals surface area contributed by atoms with Crippen molar-refractivity contribution in [1.82, 2.24) is 0 Å². The molecular weight excluding hydrogens is 316 g/mol. The summed E-state index contributed by atoms with van der Waals surface area (Å²) in [4.78, 5) is 24.9. The van der Waals surface area contributed by atoms with Crippen molar-refractivity contribution < 1.29 is 14.3 Å². The fraction of sp³-hybridized carbons (Fsp3) is 0.200. The van der Waals surface area contributed by atoms with Gasteiger partial charge in [-0.25, -0.2) is 4.79 Å². The largest absolute Gasteiger partial charge is 0.463 e. The van der Waals surface area contributed by atoms with Gasteiger partial charge < -0.3 is 15.8 Å². The molecule has 0 bridgehead atoms. The first-order chi connectivity index (χ1) is 12.0. The number of hydrogen-bond donors (Lipinski definition) is 2. The number of benzene rings is 2. The monoisotopic (exact) mass is 336 g/mol. The van der Waals surface area contributed by atoms with E-state index in [4.69, 9.17) is 10.5 Å². The number of nitrogens with two attached hydrogens (primary N) is 1. The van der Waals surface area contributed by atoms with Crippen LogP contribution in [0.2, 0.25) is 0 Å². The number of hydrogen-bond acceptors (Lipinski definition) is 4. The van der Waals surface area contributed by atoms with Crippen LogP contribution in [0.15, 0.2) is 60.7 Å². The number of esters is 1. The van der Waals surface area contributed by atoms with Crippen molar-refractivity contribution in [2.75, 3.05) is 11.9 Å². The molecule has 25 heavy (non-hydrogen) atoms. The highest BCUT2D eigenvalue weighted by Gasteiger charge is 2.43. The van der Waals surface area contributed by atoms with Crippen LogP contribution in [-0.4, -0.2) is 24.0 Å². The van der Waals surface area contributed by atoms with E-state index >= 15 is 0 Å². The van der Waals surface area contributed by atoms with Crippen LogP contribution in [0.25, 0.3) is 5.57 Å². The predicted octanol–water partition coefficient (Wildman–Crippen LogP) is 2.53. The Morgan fingerprint density at radius 3 is 2.56 bits per heavy atom. The fourth-order valence-corrected chi connectivity index (χ4v) is 3.03. The number of carbonyl (C=O) groups excluding carboxylic acids is 2. The van der Waals surface area contributed by atoms with E-state index in [2.05, 4.69) is 5.32 Å². The van der Waals surface area contributed by atoms with Crippen molar-refractivity contribution in [3.63, 3.8) is 0 Å². The van der Waals surface area contributed by atoms with Gasteiger partial charge in [0.05, 0.1) is 6.61 Å². The van der Waals surface area contributed by atoms with E-state index in [0.29, 0.717) is 11.3 Å². The first-order valence-corrected chi connectivity index (χ1v) is 8.17. The average Bonchev–Trinajstić information content (AvgIpc) is 2.60. The van der Waals surface area contributed by atoms with E-state index in [1.54, 1.807) is 13.0 Å². The number of para-hydroxylation sites is 1. The first kappa shape index (κ1) is 16.9. The second-order valence-electron chi connectivity index (χ2n) is 5.94. The molecule has 2 aromatic rings. The molecule has 1 unspecified atom stereocenters. The number of amides is 1. The molecule has 5 heteroatoms. The zero-order valence-corrected chi connectivity index (χ0v) is 14.0. The number of fused-ring (bicyclic) bond motifs is 1. The number of nitrogens with one attached hydrogen (secondary N) is 1. The van der Waals surface area contributed by atoms with Gasteiger partial charge in [-0.2, -0.15) is 0 Å². The number of ether oxygens (including phenoxy) is 1. The summed E-state index contributed by atoms with van der Waals surface area (Å²) in [7, 11) is 0. The Labute approximate surface area is 146 Å². The highest BCUT2D eigenvalue weighted by molar-refractivity contribution is 6.16. The lowest BCUT2D eigenvalue weighted by atomic mass is 9.77. The molecule has 0 saturated heterocycles. The Kier molecular flexibility index (Phi) is 4.67. The maximum absolute atomic E-state index is 12.8. The summed E-state index contributed by atoms with van der Waals surface area (Å²) in [6.07, 6.45) is 1.61. The van der Waals surface area contributed by atoms with Crippen LogP contribution in [0.1, 0.15) is 18.1 Å². The molecule has 0 fully saturated rings. The van der Waals surface area contributed by atoms with E-state index in [0.717, 1.165) is 11.1 Å². The van der Waals surface area contributed by atoms with Crippen molar-refractivity contribution >= 4 is 23.1 Å². The van der Waals surface area contributed by atoms with E-state index < -0.39 is 11.5 Å². The second-order valence-corrected chi connectivity index (χ2v) is 5.94. The molecule has 3 rings (SSSR count). The summed E-state index contributed by atoms with van der Waals surface area (Å²) >= 11 is 0. The predicted molar refractivity (Wildman–Crippen MR) is 96.7 cm³/mol. The average molecular weight is 336 g/mol. The molecule has 0 saturated carbocycles. The van der Waals surface area contributed by atoms with Gasteiger partial charge in [-0.15, -0.1) is 0 Å². The fourth-order valence-electron chi connectivity index (χ4n) is 3.03. The lowest BCUT2D eigenvalue weighted by Gasteiger charge is -2.36. The molecule has 0 aliphatic carbocycles. The van der Waals surface area contributed by atoms with Gasteiger partial charge in [-0.05, 0) is 24.1 Å². The Hall–Kier alpha value is -2.92. The molecule has 1 aliphatic rings. The van der Waals surface area contributed by atoms with Gasteiger partial charge in [-0.3, -0.25) is 4.79 Å². The minimum Gasteiger partial charge on any atom is -0.463 e. The summed E-state index contributed by atoms with van der Waals surface area (Å²) in [6, 6.07) is 16.8. The number of carbonyl (C=O) groups is 2. The standard InChI is InChI=1S/C20H20N2O3/c1-2-25-18(23)12-16-15-10-6-7-11-17(15)22-19(24)20(16,21)13-14-8-4-3-5-9-14/h3-12H,2,13,21H2,1H3,(H,22,24)/b16-12+. The molecule has 2 aromatic carbocycles. The zero-order chi connectivity index (χ0) is 17.9. The van der Waals surface area contributed by atoms with Gasteiger partial charge in [-0.1, -0.05) is 48.5 Å². The molecule has 1 amide bonds. The van der Waals surface area contributed by atoms with Crippen LogP contribution in [0.5, 0.6) is 0 Å². The lowest BCUT2D eigenvalue weighted by Crippen LogP contribution is -2.56. The minimum absolute atomic E-state index is 0.257. The SMILES string of the molecule is CCOC(=O)/C=C1\c2ccccc2NC(=O)C1(N)Cc1ccccc1. The molecule has 0 radical (unpaired) electrons. The van der Waals surface area contributed by atoms with Gasteiger partial charge in [0, 0.05) is 23.7 Å². The molecule has 3 N–H and O–H groups in total. The molecule has 1 atom stereocenters. The molecule has 1 heterocycles. The van der Waals surface area contributed by atoms with Gasteiger partial charge >= 0.3 is 5.97 Å². The third-order valence-corrected chi connectivity index (χ3v) is 4.23. The molecule has 128 valence electrons. The lowest BCUT2D eigenvalue weighted by molar-refractivity contribution is -0.137. The topological polar surface area (TPSA) is 81.4 Å². The summed E-state index contributed by atoms with van der Waals surface area (Å²) in [5.74, 6) is -0.851. The van der Waals surface area contributed by atoms with Crippen LogP contribution in [0.4, 0.5) is 5.69 Å². The van der Waals surface area contributed by atoms with E-state index in [9.17, 15) is 9.59 Å². The van der Waals surface area contributed by atoms with Crippen molar-refractivity contribution in [3.05, 3.63) is 71.8 Å². The summed E-state index contributed by atoms with van der Waals surface area (Å²) < 4.78 is 5.04. The maximum Gasteiger partial charge on any atom is 0.331 e. The molecule has 0 spiro atoms. The summed E-state index contributed by atoms with van der Waals surface area (Å²) in [5.41, 5.74) is 7.94. The summed E-state index contributed by atoms with van der Waals surface area (Å²) in [6.45, 7) is 1.99. The molecule has 0 aromatic heterocycles. The van der Waals surface area contributed by atoms with Crippen molar-refractivity contribution in [2.24, 2.45) is 5.73 Å². The Morgan fingerprint density at radius 2 is 1.84 bits per heavy atom. The number of rotatable bonds is 4. The molecular formula is C20H20N2O3. The van der Waals surface area contributed by atoms with Crippen LogP contribution in [-0.2, 0) is 20.7 Å². The summed E-state index contributed by atoms with van der Waals surface area (Å²) in [5, 5.41) is 2.85. The van der Waals surface area contributed by atoms with Crippen molar-refractivity contribution in [1.29, 1.82) is 0 Å². The highest BCUT2D eigenvalue weighted by atomic mass is 16.5. The minimum atomic E-state index is -1.36. The van der Waals surface area contributed by atoms with Crippen LogP contribution < -0.4 is 11.1 Å². The van der Waals surface area contributed by atoms with Crippen LogP contribution in [0.3, 0.4) is 0 Å². The van der Waals surface area contributed by atoms with Gasteiger partial charge in [0.25, 0.3) is 0 Å². The van der Waals surface area contributed by atoms with Crippen molar-refractivity contribution in [2.45, 2.75) is 18.9 Å². The quantitative estimate of drug-likeness (QED) is 0.664. The zero-order valence-electron chi connectivity index (χ0n) is 14.0. The van der Waals surface area contributed by atoms with E-state index in [-0.39, 0.29) is 18.9 Å². The molecule has 1 aliphatic heterocycles. The number of anilines is 1. The normalized spacial score (nSPS) is 20.7. The first-order valence-electron chi connectivity index (χ1n) is 8.17. The van der Waals surface area contributed by atoms with Crippen LogP contribution in [0, 0.1) is 0 Å². The van der Waals surface area contributed by atoms with Crippen molar-refractivity contribution in [3.8, 4) is 0 Å². The molecule has 5 nitrogen and oxygen atoms in total. The second kappa shape index (κ2) is 6.91. The highest BCUT2D eigenvalue weighted by Crippen LogP contribution is 2.38. The Morgan fingerprint density at radius 1 is 1.16 bits per heavy atom. The van der Waals surface area contributed by atoms with Crippen LogP contribution >= 0.6 is 0 Å². The Bertz CT molecular complexity index is 830. The van der Waals surface area contributed by atoms with Gasteiger partial charge in [0.15, 0.2) is 0 Å².